The molecule has 1 aromatic rings. The van der Waals surface area contributed by atoms with E-state index in [1.165, 1.54) is 11.1 Å². The first-order valence-corrected chi connectivity index (χ1v) is 7.03. The second kappa shape index (κ2) is 9.73. The zero-order valence-corrected chi connectivity index (χ0v) is 13.1. The number of carbonyl (C=O) groups is 1. The molecule has 1 aliphatic rings. The third-order valence-electron chi connectivity index (χ3n) is 3.20. The molecular weight excluding hydrogens is 292 g/mol. The monoisotopic (exact) mass is 314 g/mol. The molecule has 0 bridgehead atoms. The van der Waals surface area contributed by atoms with Crippen LogP contribution < -0.4 is 10.6 Å². The third kappa shape index (κ3) is 6.01. The van der Waals surface area contributed by atoms with Gasteiger partial charge in [0.15, 0.2) is 0 Å². The van der Waals surface area contributed by atoms with Crippen LogP contribution in [0.3, 0.4) is 0 Å². The maximum absolute atomic E-state index is 11.6. The SMILES string of the molecule is CCOCCOCC(=O)NCc1ccc2c(c1)CNC2.Cl. The van der Waals surface area contributed by atoms with Crippen molar-refractivity contribution < 1.29 is 14.3 Å². The summed E-state index contributed by atoms with van der Waals surface area (Å²) in [7, 11) is 0. The number of amides is 1. The van der Waals surface area contributed by atoms with Crippen molar-refractivity contribution >= 4 is 18.3 Å². The van der Waals surface area contributed by atoms with Crippen LogP contribution in [0.2, 0.25) is 0 Å². The Morgan fingerprint density at radius 1 is 1.24 bits per heavy atom. The summed E-state index contributed by atoms with van der Waals surface area (Å²) in [5.74, 6) is -0.0971. The molecule has 118 valence electrons. The van der Waals surface area contributed by atoms with Gasteiger partial charge in [-0.3, -0.25) is 4.79 Å². The number of fused-ring (bicyclic) bond motifs is 1. The summed E-state index contributed by atoms with van der Waals surface area (Å²) in [5, 5.41) is 6.16. The second-order valence-corrected chi connectivity index (χ2v) is 4.73. The molecule has 2 rings (SSSR count). The van der Waals surface area contributed by atoms with E-state index < -0.39 is 0 Å². The average Bonchev–Trinajstić information content (AvgIpc) is 2.92. The second-order valence-electron chi connectivity index (χ2n) is 4.73. The van der Waals surface area contributed by atoms with Crippen LogP contribution in [0.1, 0.15) is 23.6 Å². The molecular formula is C15H23ClN2O3. The third-order valence-corrected chi connectivity index (χ3v) is 3.20. The summed E-state index contributed by atoms with van der Waals surface area (Å²) in [6.45, 7) is 6.06. The molecule has 0 radical (unpaired) electrons. The van der Waals surface area contributed by atoms with E-state index in [1.54, 1.807) is 0 Å². The first kappa shape index (κ1) is 17.9. The van der Waals surface area contributed by atoms with Gasteiger partial charge in [0, 0.05) is 26.2 Å². The van der Waals surface area contributed by atoms with Crippen LogP contribution in [0.5, 0.6) is 0 Å². The fourth-order valence-corrected chi connectivity index (χ4v) is 2.14. The van der Waals surface area contributed by atoms with Gasteiger partial charge in [-0.15, -0.1) is 12.4 Å². The van der Waals surface area contributed by atoms with Crippen molar-refractivity contribution in [3.63, 3.8) is 0 Å². The maximum Gasteiger partial charge on any atom is 0.246 e. The van der Waals surface area contributed by atoms with E-state index in [0.29, 0.717) is 26.4 Å². The minimum Gasteiger partial charge on any atom is -0.379 e. The lowest BCUT2D eigenvalue weighted by Gasteiger charge is -2.08. The first-order valence-electron chi connectivity index (χ1n) is 7.03. The fraction of sp³-hybridized carbons (Fsp3) is 0.533. The van der Waals surface area contributed by atoms with Gasteiger partial charge in [0.1, 0.15) is 6.61 Å². The predicted molar refractivity (Wildman–Crippen MR) is 83.4 cm³/mol. The van der Waals surface area contributed by atoms with E-state index in [1.807, 2.05) is 6.92 Å². The first-order chi connectivity index (χ1) is 9.79. The molecule has 1 amide bonds. The Labute approximate surface area is 131 Å². The van der Waals surface area contributed by atoms with Gasteiger partial charge in [0.05, 0.1) is 13.2 Å². The van der Waals surface area contributed by atoms with Crippen LogP contribution in [0, 0.1) is 0 Å². The van der Waals surface area contributed by atoms with Crippen LogP contribution >= 0.6 is 12.4 Å². The molecule has 2 N–H and O–H groups in total. The van der Waals surface area contributed by atoms with Crippen LogP contribution in [0.4, 0.5) is 0 Å². The van der Waals surface area contributed by atoms with Crippen molar-refractivity contribution in [3.05, 3.63) is 34.9 Å². The lowest BCUT2D eigenvalue weighted by atomic mass is 10.1. The predicted octanol–water partition coefficient (Wildman–Crippen LogP) is 1.38. The highest BCUT2D eigenvalue weighted by Crippen LogP contribution is 2.16. The van der Waals surface area contributed by atoms with Crippen molar-refractivity contribution in [2.45, 2.75) is 26.6 Å². The molecule has 1 heterocycles. The minimum absolute atomic E-state index is 0. The molecule has 6 heteroatoms. The van der Waals surface area contributed by atoms with Gasteiger partial charge in [-0.25, -0.2) is 0 Å². The van der Waals surface area contributed by atoms with E-state index in [2.05, 4.69) is 28.8 Å². The lowest BCUT2D eigenvalue weighted by molar-refractivity contribution is -0.126. The molecule has 0 spiro atoms. The van der Waals surface area contributed by atoms with Gasteiger partial charge in [0.2, 0.25) is 5.91 Å². The van der Waals surface area contributed by atoms with E-state index in [4.69, 9.17) is 9.47 Å². The number of rotatable bonds is 8. The Bertz CT molecular complexity index is 455. The highest BCUT2D eigenvalue weighted by atomic mass is 35.5. The summed E-state index contributed by atoms with van der Waals surface area (Å²) in [6.07, 6.45) is 0. The van der Waals surface area contributed by atoms with Crippen molar-refractivity contribution in [2.24, 2.45) is 0 Å². The molecule has 0 atom stereocenters. The molecule has 5 nitrogen and oxygen atoms in total. The van der Waals surface area contributed by atoms with Gasteiger partial charge in [-0.1, -0.05) is 18.2 Å². The molecule has 0 saturated carbocycles. The minimum atomic E-state index is -0.0971. The molecule has 0 fully saturated rings. The molecule has 0 unspecified atom stereocenters. The van der Waals surface area contributed by atoms with E-state index in [-0.39, 0.29) is 24.9 Å². The smallest absolute Gasteiger partial charge is 0.246 e. The summed E-state index contributed by atoms with van der Waals surface area (Å²) in [6, 6.07) is 6.32. The summed E-state index contributed by atoms with van der Waals surface area (Å²) < 4.78 is 10.3. The fourth-order valence-electron chi connectivity index (χ4n) is 2.14. The van der Waals surface area contributed by atoms with Gasteiger partial charge >= 0.3 is 0 Å². The van der Waals surface area contributed by atoms with E-state index >= 15 is 0 Å². The Morgan fingerprint density at radius 3 is 2.81 bits per heavy atom. The number of ether oxygens (including phenoxy) is 2. The van der Waals surface area contributed by atoms with Crippen LogP contribution in [-0.2, 0) is 33.9 Å². The topological polar surface area (TPSA) is 59.6 Å². The highest BCUT2D eigenvalue weighted by molar-refractivity contribution is 5.85. The van der Waals surface area contributed by atoms with Crippen molar-refractivity contribution in [1.82, 2.24) is 10.6 Å². The van der Waals surface area contributed by atoms with Gasteiger partial charge in [0.25, 0.3) is 0 Å². The summed E-state index contributed by atoms with van der Waals surface area (Å²) in [5.41, 5.74) is 3.79. The zero-order chi connectivity index (χ0) is 14.2. The van der Waals surface area contributed by atoms with Crippen molar-refractivity contribution in [1.29, 1.82) is 0 Å². The zero-order valence-electron chi connectivity index (χ0n) is 12.3. The summed E-state index contributed by atoms with van der Waals surface area (Å²) in [4.78, 5) is 11.6. The van der Waals surface area contributed by atoms with Gasteiger partial charge in [-0.2, -0.15) is 0 Å². The molecule has 1 aliphatic heterocycles. The average molecular weight is 315 g/mol. The Kier molecular flexibility index (Phi) is 8.30. The Hall–Kier alpha value is -1.14. The number of hydrogen-bond acceptors (Lipinski definition) is 4. The highest BCUT2D eigenvalue weighted by Gasteiger charge is 2.10. The lowest BCUT2D eigenvalue weighted by Crippen LogP contribution is -2.27. The molecule has 21 heavy (non-hydrogen) atoms. The number of halogens is 1. The Morgan fingerprint density at radius 2 is 2.00 bits per heavy atom. The quantitative estimate of drug-likeness (QED) is 0.712. The van der Waals surface area contributed by atoms with Crippen LogP contribution in [0.15, 0.2) is 18.2 Å². The van der Waals surface area contributed by atoms with Crippen LogP contribution in [-0.4, -0.2) is 32.3 Å². The van der Waals surface area contributed by atoms with Gasteiger partial charge < -0.3 is 20.1 Å². The Balaban J connectivity index is 0.00000220. The normalized spacial score (nSPS) is 12.6. The molecule has 1 aromatic carbocycles. The standard InChI is InChI=1S/C15H22N2O3.ClH/c1-2-19-5-6-20-11-15(18)17-8-12-3-4-13-9-16-10-14(13)7-12;/h3-4,7,16H,2,5-6,8-11H2,1H3,(H,17,18);1H. The molecule has 0 aromatic heterocycles. The van der Waals surface area contributed by atoms with Gasteiger partial charge in [-0.05, 0) is 23.6 Å². The molecule has 0 saturated heterocycles. The van der Waals surface area contributed by atoms with Crippen LogP contribution in [0.25, 0.3) is 0 Å². The summed E-state index contributed by atoms with van der Waals surface area (Å²) >= 11 is 0. The maximum atomic E-state index is 11.6. The largest absolute Gasteiger partial charge is 0.379 e. The number of carbonyl (C=O) groups excluding carboxylic acids is 1. The van der Waals surface area contributed by atoms with Crippen molar-refractivity contribution in [2.75, 3.05) is 26.4 Å². The van der Waals surface area contributed by atoms with E-state index in [9.17, 15) is 4.79 Å². The van der Waals surface area contributed by atoms with E-state index in [0.717, 1.165) is 18.7 Å². The number of nitrogens with one attached hydrogen (secondary N) is 2. The molecule has 0 aliphatic carbocycles. The number of benzene rings is 1. The number of hydrogen-bond donors (Lipinski definition) is 2. The van der Waals surface area contributed by atoms with Crippen molar-refractivity contribution in [3.8, 4) is 0 Å².